The molecule has 11 aromatic carbocycles. The van der Waals surface area contributed by atoms with Gasteiger partial charge in [0.1, 0.15) is 11.2 Å². The van der Waals surface area contributed by atoms with Crippen molar-refractivity contribution in [1.29, 1.82) is 0 Å². The molecule has 7 aromatic heterocycles. The molecule has 0 spiro atoms. The number of fused-ring (bicyclic) bond motifs is 20. The maximum absolute atomic E-state index is 6.81. The molecule has 9 heteroatoms. The van der Waals surface area contributed by atoms with Crippen LogP contribution in [-0.2, 0) is 5.41 Å². The van der Waals surface area contributed by atoms with E-state index in [0.29, 0.717) is 23.2 Å². The fraction of sp³-hybridized carbons (Fsp3) is 0.0390. The summed E-state index contributed by atoms with van der Waals surface area (Å²) < 4.78 is 20.5. The molecule has 0 saturated heterocycles. The average molecular weight is 1120 g/mol. The third kappa shape index (κ3) is 7.03. The van der Waals surface area contributed by atoms with Crippen LogP contribution in [0.2, 0.25) is 0 Å². The van der Waals surface area contributed by atoms with Gasteiger partial charge in [-0.05, 0) is 77.4 Å². The Hall–Kier alpha value is -11.0. The van der Waals surface area contributed by atoms with Gasteiger partial charge in [0.05, 0.1) is 44.2 Å². The van der Waals surface area contributed by atoms with E-state index >= 15 is 0 Å². The molecule has 19 rings (SSSR count). The highest BCUT2D eigenvalue weighted by molar-refractivity contribution is 7.26. The molecule has 7 heterocycles. The van der Waals surface area contributed by atoms with Gasteiger partial charge in [0.25, 0.3) is 0 Å². The highest BCUT2D eigenvalue weighted by Gasteiger charge is 2.38. The van der Waals surface area contributed by atoms with E-state index in [4.69, 9.17) is 28.8 Å². The SMILES string of the molecule is CC1(C)c2ccccc2-c2c1ccc1c2oc2nc(-n3c4ccccc4c4ccccc43)nc(-c3ccccc3)c21.c1ccc(-c2nc(-c3cccc4c5ccccc5n(-c5ccccc5)c34)nc3oc4c(ccc5sc6ccccc6c54)c23)cc1. The Kier molecular flexibility index (Phi) is 10.4. The number of benzene rings is 11. The third-order valence-electron chi connectivity index (χ3n) is 17.7. The molecule has 0 bridgehead atoms. The molecule has 0 saturated carbocycles. The molecule has 86 heavy (non-hydrogen) atoms. The summed E-state index contributed by atoms with van der Waals surface area (Å²) in [6.45, 7) is 4.59. The lowest BCUT2D eigenvalue weighted by molar-refractivity contribution is 0.645. The minimum absolute atomic E-state index is 0.110. The zero-order valence-corrected chi connectivity index (χ0v) is 47.5. The van der Waals surface area contributed by atoms with Gasteiger partial charge < -0.3 is 13.4 Å². The number of aromatic nitrogens is 6. The number of hydrogen-bond donors (Lipinski definition) is 0. The molecule has 0 unspecified atom stereocenters. The van der Waals surface area contributed by atoms with Gasteiger partial charge in [-0.1, -0.05) is 208 Å². The predicted octanol–water partition coefficient (Wildman–Crippen LogP) is 20.6. The van der Waals surface area contributed by atoms with Gasteiger partial charge >= 0.3 is 0 Å². The third-order valence-corrected chi connectivity index (χ3v) is 18.8. The number of para-hydroxylation sites is 5. The largest absolute Gasteiger partial charge is 0.437 e. The standard InChI is InChI=1S/C40H23N3OS.C37H25N3O/c1-3-12-24(13-4-1)36-35-29-22-23-33-34(28-17-8-10-21-32(28)45-33)38(29)44-40(35)42-39(41-36)30-19-11-18-27-26-16-7-9-20-31(26)43(37(27)30)25-14-5-2-6-15-25;1-37(2)27-17-9-6-16-25(27)31-28(37)21-20-26-32-33(22-12-4-3-5-13-22)38-36(39-35(32)41-34(26)31)40-29-18-10-7-14-23(29)24-15-8-11-19-30(24)40/h1-23H;3-21H,1-2H3. The molecule has 0 N–H and O–H groups in total. The van der Waals surface area contributed by atoms with Gasteiger partial charge in [-0.15, -0.1) is 11.3 Å². The van der Waals surface area contributed by atoms with E-state index in [1.807, 2.05) is 12.1 Å². The van der Waals surface area contributed by atoms with Crippen molar-refractivity contribution in [2.24, 2.45) is 0 Å². The van der Waals surface area contributed by atoms with Gasteiger partial charge in [0.2, 0.25) is 17.4 Å². The monoisotopic (exact) mass is 1120 g/mol. The van der Waals surface area contributed by atoms with E-state index in [-0.39, 0.29) is 5.41 Å². The molecule has 1 aliphatic carbocycles. The highest BCUT2D eigenvalue weighted by Crippen LogP contribution is 2.53. The van der Waals surface area contributed by atoms with Crippen molar-refractivity contribution in [2.45, 2.75) is 19.3 Å². The van der Waals surface area contributed by atoms with Crippen LogP contribution in [-0.4, -0.2) is 29.1 Å². The zero-order valence-electron chi connectivity index (χ0n) is 46.7. The first kappa shape index (κ1) is 48.5. The Morgan fingerprint density at radius 1 is 0.360 bits per heavy atom. The average Bonchev–Trinajstić information content (AvgIpc) is 1.70. The van der Waals surface area contributed by atoms with E-state index in [1.165, 1.54) is 53.2 Å². The van der Waals surface area contributed by atoms with Crippen LogP contribution in [0.5, 0.6) is 0 Å². The number of thiophene rings is 1. The van der Waals surface area contributed by atoms with Crippen molar-refractivity contribution in [3.8, 4) is 56.7 Å². The maximum atomic E-state index is 6.81. The molecule has 404 valence electrons. The van der Waals surface area contributed by atoms with Crippen LogP contribution in [0.15, 0.2) is 264 Å². The molecular formula is C77H48N6O2S. The van der Waals surface area contributed by atoms with E-state index in [2.05, 4.69) is 266 Å². The van der Waals surface area contributed by atoms with Crippen LogP contribution in [0.25, 0.3) is 165 Å². The highest BCUT2D eigenvalue weighted by atomic mass is 32.1. The van der Waals surface area contributed by atoms with Crippen molar-refractivity contribution >= 4 is 119 Å². The number of rotatable bonds is 5. The Morgan fingerprint density at radius 3 is 1.59 bits per heavy atom. The second-order valence-corrected chi connectivity index (χ2v) is 23.9. The summed E-state index contributed by atoms with van der Waals surface area (Å²) in [5, 5.41) is 11.0. The lowest BCUT2D eigenvalue weighted by atomic mass is 9.82. The van der Waals surface area contributed by atoms with Crippen molar-refractivity contribution < 1.29 is 8.83 Å². The lowest BCUT2D eigenvalue weighted by Crippen LogP contribution is -2.14. The molecule has 0 atom stereocenters. The lowest BCUT2D eigenvalue weighted by Gasteiger charge is -2.21. The topological polar surface area (TPSA) is 87.7 Å². The number of hydrogen-bond acceptors (Lipinski definition) is 7. The van der Waals surface area contributed by atoms with Crippen molar-refractivity contribution in [3.05, 3.63) is 266 Å². The Labute approximate surface area is 496 Å². The van der Waals surface area contributed by atoms with E-state index < -0.39 is 0 Å². The van der Waals surface area contributed by atoms with E-state index in [0.717, 1.165) is 99.3 Å². The van der Waals surface area contributed by atoms with Crippen molar-refractivity contribution in [2.75, 3.05) is 0 Å². The molecular weight excluding hydrogens is 1070 g/mol. The number of nitrogens with zero attached hydrogens (tertiary/aromatic N) is 6. The molecule has 0 fully saturated rings. The zero-order chi connectivity index (χ0) is 56.8. The minimum Gasteiger partial charge on any atom is -0.437 e. The summed E-state index contributed by atoms with van der Waals surface area (Å²) >= 11 is 1.79. The summed E-state index contributed by atoms with van der Waals surface area (Å²) in [5.74, 6) is 1.24. The van der Waals surface area contributed by atoms with Gasteiger partial charge in [0, 0.05) is 85.8 Å². The van der Waals surface area contributed by atoms with Gasteiger partial charge in [-0.3, -0.25) is 4.57 Å². The summed E-state index contributed by atoms with van der Waals surface area (Å²) in [6, 6.07) is 89.2. The first-order valence-electron chi connectivity index (χ1n) is 29.0. The summed E-state index contributed by atoms with van der Waals surface area (Å²) in [4.78, 5) is 21.0. The van der Waals surface area contributed by atoms with Crippen LogP contribution >= 0.6 is 11.3 Å². The summed E-state index contributed by atoms with van der Waals surface area (Å²) in [7, 11) is 0. The van der Waals surface area contributed by atoms with Gasteiger partial charge in [-0.25, -0.2) is 9.97 Å². The minimum atomic E-state index is -0.110. The normalized spacial score (nSPS) is 12.9. The Morgan fingerprint density at radius 2 is 0.884 bits per heavy atom. The first-order valence-corrected chi connectivity index (χ1v) is 29.9. The smallest absolute Gasteiger partial charge is 0.238 e. The summed E-state index contributed by atoms with van der Waals surface area (Å²) in [6.07, 6.45) is 0. The molecule has 0 radical (unpaired) electrons. The van der Waals surface area contributed by atoms with Crippen LogP contribution < -0.4 is 0 Å². The molecule has 8 nitrogen and oxygen atoms in total. The second-order valence-electron chi connectivity index (χ2n) is 22.8. The quantitative estimate of drug-likeness (QED) is 0.171. The maximum Gasteiger partial charge on any atom is 0.238 e. The van der Waals surface area contributed by atoms with Crippen LogP contribution in [0.3, 0.4) is 0 Å². The fourth-order valence-electron chi connectivity index (χ4n) is 13.9. The van der Waals surface area contributed by atoms with Gasteiger partial charge in [0.15, 0.2) is 5.82 Å². The number of furan rings is 2. The molecule has 0 amide bonds. The van der Waals surface area contributed by atoms with Crippen LogP contribution in [0.4, 0.5) is 0 Å². The predicted molar refractivity (Wildman–Crippen MR) is 354 cm³/mol. The molecule has 0 aliphatic heterocycles. The fourth-order valence-corrected chi connectivity index (χ4v) is 15.0. The Bertz CT molecular complexity index is 5760. The van der Waals surface area contributed by atoms with Crippen molar-refractivity contribution in [1.82, 2.24) is 29.1 Å². The van der Waals surface area contributed by atoms with E-state index in [9.17, 15) is 0 Å². The van der Waals surface area contributed by atoms with Gasteiger partial charge in [-0.2, -0.15) is 9.97 Å². The Balaban J connectivity index is 0.000000130. The second kappa shape index (κ2) is 18.5. The van der Waals surface area contributed by atoms with E-state index in [1.54, 1.807) is 11.3 Å². The van der Waals surface area contributed by atoms with Crippen molar-refractivity contribution in [3.63, 3.8) is 0 Å². The molecule has 1 aliphatic rings. The molecule has 18 aromatic rings. The first-order chi connectivity index (χ1) is 42.4. The van der Waals surface area contributed by atoms with Crippen LogP contribution in [0, 0.1) is 0 Å². The van der Waals surface area contributed by atoms with Crippen LogP contribution in [0.1, 0.15) is 25.0 Å². The summed E-state index contributed by atoms with van der Waals surface area (Å²) in [5.41, 5.74) is 18.0.